The van der Waals surface area contributed by atoms with Crippen LogP contribution in [-0.2, 0) is 22.6 Å². The summed E-state index contributed by atoms with van der Waals surface area (Å²) >= 11 is 0. The van der Waals surface area contributed by atoms with E-state index >= 15 is 0 Å². The highest BCUT2D eigenvalue weighted by atomic mass is 19.1. The summed E-state index contributed by atoms with van der Waals surface area (Å²) < 4.78 is 13.9. The Kier molecular flexibility index (Phi) is 6.28. The number of hydrogen-bond acceptors (Lipinski definition) is 2. The van der Waals surface area contributed by atoms with Gasteiger partial charge in [0.25, 0.3) is 0 Å². The summed E-state index contributed by atoms with van der Waals surface area (Å²) in [6.45, 7) is 3.94. The number of carbonyl (C=O) groups is 2. The normalized spacial score (nSPS) is 11.7. The summed E-state index contributed by atoms with van der Waals surface area (Å²) in [4.78, 5) is 26.3. The van der Waals surface area contributed by atoms with E-state index in [9.17, 15) is 14.0 Å². The first-order valence-corrected chi connectivity index (χ1v) is 8.22. The molecule has 0 saturated heterocycles. The second kappa shape index (κ2) is 8.42. The second-order valence-electron chi connectivity index (χ2n) is 6.07. The summed E-state index contributed by atoms with van der Waals surface area (Å²) in [5.41, 5.74) is 2.33. The predicted octanol–water partition coefficient (Wildman–Crippen LogP) is 2.84. The first kappa shape index (κ1) is 18.6. The van der Waals surface area contributed by atoms with Crippen LogP contribution in [0.1, 0.15) is 23.6 Å². The van der Waals surface area contributed by atoms with Crippen molar-refractivity contribution in [3.05, 3.63) is 71.0 Å². The molecule has 0 aromatic heterocycles. The van der Waals surface area contributed by atoms with Crippen molar-refractivity contribution < 1.29 is 14.0 Å². The third-order valence-corrected chi connectivity index (χ3v) is 4.15. The number of hydrogen-bond donors (Lipinski definition) is 1. The summed E-state index contributed by atoms with van der Waals surface area (Å²) in [5.74, 6) is -0.962. The van der Waals surface area contributed by atoms with E-state index in [4.69, 9.17) is 0 Å². The lowest BCUT2D eigenvalue weighted by Crippen LogP contribution is -2.47. The van der Waals surface area contributed by atoms with Crippen LogP contribution < -0.4 is 5.32 Å². The van der Waals surface area contributed by atoms with Gasteiger partial charge in [0.1, 0.15) is 11.9 Å². The number of likely N-dealkylation sites (N-methyl/N-ethyl adjacent to an activating group) is 1. The van der Waals surface area contributed by atoms with E-state index in [0.717, 1.165) is 11.1 Å². The van der Waals surface area contributed by atoms with E-state index in [0.29, 0.717) is 12.1 Å². The number of benzene rings is 2. The van der Waals surface area contributed by atoms with Crippen molar-refractivity contribution >= 4 is 11.8 Å². The molecule has 0 aliphatic heterocycles. The molecule has 0 saturated carbocycles. The average molecular weight is 342 g/mol. The molecule has 1 atom stereocenters. The van der Waals surface area contributed by atoms with Gasteiger partial charge in [0.15, 0.2) is 0 Å². The molecule has 4 nitrogen and oxygen atoms in total. The number of amides is 2. The third-order valence-electron chi connectivity index (χ3n) is 4.15. The van der Waals surface area contributed by atoms with Gasteiger partial charge in [-0.3, -0.25) is 9.59 Å². The van der Waals surface area contributed by atoms with Crippen LogP contribution in [0.2, 0.25) is 0 Å². The van der Waals surface area contributed by atoms with Gasteiger partial charge in [-0.15, -0.1) is 0 Å². The van der Waals surface area contributed by atoms with E-state index in [1.165, 1.54) is 18.0 Å². The molecule has 2 rings (SSSR count). The minimum atomic E-state index is -0.648. The molecule has 0 spiro atoms. The Bertz CT molecular complexity index is 761. The van der Waals surface area contributed by atoms with Crippen LogP contribution in [0, 0.1) is 12.7 Å². The van der Waals surface area contributed by atoms with E-state index < -0.39 is 11.9 Å². The van der Waals surface area contributed by atoms with Gasteiger partial charge in [-0.05, 0) is 31.0 Å². The molecule has 1 N–H and O–H groups in total. The molecular formula is C20H23FN2O2. The van der Waals surface area contributed by atoms with Crippen molar-refractivity contribution in [2.45, 2.75) is 32.9 Å². The Morgan fingerprint density at radius 3 is 2.52 bits per heavy atom. The van der Waals surface area contributed by atoms with Crippen molar-refractivity contribution in [2.24, 2.45) is 0 Å². The summed E-state index contributed by atoms with van der Waals surface area (Å²) in [7, 11) is 1.53. The lowest BCUT2D eigenvalue weighted by Gasteiger charge is -2.28. The van der Waals surface area contributed by atoms with Crippen LogP contribution in [0.15, 0.2) is 48.5 Å². The van der Waals surface area contributed by atoms with Gasteiger partial charge in [0.05, 0.1) is 6.42 Å². The maximum Gasteiger partial charge on any atom is 0.242 e. The summed E-state index contributed by atoms with van der Waals surface area (Å²) in [6, 6.07) is 13.3. The van der Waals surface area contributed by atoms with Crippen LogP contribution >= 0.6 is 0 Å². The van der Waals surface area contributed by atoms with Crippen LogP contribution in [0.3, 0.4) is 0 Å². The van der Waals surface area contributed by atoms with Crippen LogP contribution in [0.4, 0.5) is 4.39 Å². The quantitative estimate of drug-likeness (QED) is 0.878. The zero-order valence-electron chi connectivity index (χ0n) is 14.8. The highest BCUT2D eigenvalue weighted by Gasteiger charge is 2.26. The van der Waals surface area contributed by atoms with Crippen molar-refractivity contribution in [1.29, 1.82) is 0 Å². The molecule has 0 unspecified atom stereocenters. The summed E-state index contributed by atoms with van der Waals surface area (Å²) in [6.07, 6.45) is -0.0835. The maximum absolute atomic E-state index is 13.9. The van der Waals surface area contributed by atoms with E-state index in [1.54, 1.807) is 25.1 Å². The molecule has 5 heteroatoms. The maximum atomic E-state index is 13.9. The van der Waals surface area contributed by atoms with Gasteiger partial charge < -0.3 is 10.2 Å². The highest BCUT2D eigenvalue weighted by Crippen LogP contribution is 2.15. The Labute approximate surface area is 147 Å². The molecule has 132 valence electrons. The standard InChI is InChI=1S/C20H23FN2O2/c1-14-7-6-8-16(11-14)13-23(15(2)20(25)22-3)19(24)12-17-9-4-5-10-18(17)21/h4-11,15H,12-13H2,1-3H3,(H,22,25)/t15-/m1/s1. The Morgan fingerprint density at radius 1 is 1.16 bits per heavy atom. The Hall–Kier alpha value is -2.69. The largest absolute Gasteiger partial charge is 0.357 e. The molecule has 0 fully saturated rings. The van der Waals surface area contributed by atoms with E-state index in [-0.39, 0.29) is 18.2 Å². The van der Waals surface area contributed by atoms with Crippen molar-refractivity contribution in [1.82, 2.24) is 10.2 Å². The first-order chi connectivity index (χ1) is 11.9. The van der Waals surface area contributed by atoms with Crippen molar-refractivity contribution in [3.63, 3.8) is 0 Å². The van der Waals surface area contributed by atoms with Gasteiger partial charge in [-0.2, -0.15) is 0 Å². The van der Waals surface area contributed by atoms with Crippen LogP contribution in [0.25, 0.3) is 0 Å². The molecule has 0 aliphatic carbocycles. The number of halogens is 1. The number of rotatable bonds is 6. The minimum Gasteiger partial charge on any atom is -0.357 e. The number of nitrogens with zero attached hydrogens (tertiary/aromatic N) is 1. The van der Waals surface area contributed by atoms with Crippen molar-refractivity contribution in [3.8, 4) is 0 Å². The average Bonchev–Trinajstić information content (AvgIpc) is 2.60. The smallest absolute Gasteiger partial charge is 0.242 e. The third kappa shape index (κ3) is 4.89. The zero-order chi connectivity index (χ0) is 18.4. The molecule has 0 bridgehead atoms. The lowest BCUT2D eigenvalue weighted by atomic mass is 10.1. The monoisotopic (exact) mass is 342 g/mol. The minimum absolute atomic E-state index is 0.0835. The number of aryl methyl sites for hydroxylation is 1. The summed E-state index contributed by atoms with van der Waals surface area (Å²) in [5, 5.41) is 2.57. The molecule has 0 aliphatic rings. The SMILES string of the molecule is CNC(=O)[C@@H](C)N(Cc1cccc(C)c1)C(=O)Cc1ccccc1F. The lowest BCUT2D eigenvalue weighted by molar-refractivity contribution is -0.139. The number of carbonyl (C=O) groups excluding carboxylic acids is 2. The van der Waals surface area contributed by atoms with Gasteiger partial charge in [0.2, 0.25) is 11.8 Å². The molecular weight excluding hydrogens is 319 g/mol. The molecule has 2 aromatic carbocycles. The zero-order valence-corrected chi connectivity index (χ0v) is 14.8. The number of nitrogens with one attached hydrogen (secondary N) is 1. The highest BCUT2D eigenvalue weighted by molar-refractivity contribution is 5.88. The van der Waals surface area contributed by atoms with Crippen LogP contribution in [-0.4, -0.2) is 29.8 Å². The Morgan fingerprint density at radius 2 is 1.88 bits per heavy atom. The fourth-order valence-corrected chi connectivity index (χ4v) is 2.70. The fourth-order valence-electron chi connectivity index (χ4n) is 2.70. The van der Waals surface area contributed by atoms with Crippen molar-refractivity contribution in [2.75, 3.05) is 7.05 Å². The van der Waals surface area contributed by atoms with Gasteiger partial charge in [0, 0.05) is 13.6 Å². The second-order valence-corrected chi connectivity index (χ2v) is 6.07. The molecule has 0 heterocycles. The molecule has 25 heavy (non-hydrogen) atoms. The predicted molar refractivity (Wildman–Crippen MR) is 95.4 cm³/mol. The Balaban J connectivity index is 2.25. The molecule has 2 amide bonds. The topological polar surface area (TPSA) is 49.4 Å². The van der Waals surface area contributed by atoms with Gasteiger partial charge in [-0.25, -0.2) is 4.39 Å². The van der Waals surface area contributed by atoms with E-state index in [2.05, 4.69) is 5.32 Å². The fraction of sp³-hybridized carbons (Fsp3) is 0.300. The van der Waals surface area contributed by atoms with Gasteiger partial charge in [-0.1, -0.05) is 48.0 Å². The first-order valence-electron chi connectivity index (χ1n) is 8.22. The van der Waals surface area contributed by atoms with Gasteiger partial charge >= 0.3 is 0 Å². The molecule has 0 radical (unpaired) electrons. The van der Waals surface area contributed by atoms with Crippen LogP contribution in [0.5, 0.6) is 0 Å². The van der Waals surface area contributed by atoms with E-state index in [1.807, 2.05) is 31.2 Å². The molecule has 2 aromatic rings.